The van der Waals surface area contributed by atoms with Crippen molar-refractivity contribution in [3.05, 3.63) is 29.8 Å². The molecule has 0 bridgehead atoms. The van der Waals surface area contributed by atoms with Gasteiger partial charge in [-0.3, -0.25) is 4.79 Å². The molecule has 0 aliphatic rings. The van der Waals surface area contributed by atoms with Gasteiger partial charge in [-0.25, -0.2) is 0 Å². The molecule has 0 spiro atoms. The maximum atomic E-state index is 11.5. The third kappa shape index (κ3) is 3.27. The van der Waals surface area contributed by atoms with Gasteiger partial charge in [-0.15, -0.1) is 0 Å². The van der Waals surface area contributed by atoms with Gasteiger partial charge in [0.05, 0.1) is 6.42 Å². The Hall–Kier alpha value is -2.04. The Bertz CT molecular complexity index is 402. The van der Waals surface area contributed by atoms with E-state index in [2.05, 4.69) is 10.5 Å². The molecule has 0 fully saturated rings. The number of aryl methyl sites for hydroxylation is 1. The maximum Gasteiger partial charge on any atom is 0.232 e. The van der Waals surface area contributed by atoms with Crippen molar-refractivity contribution >= 4 is 17.4 Å². The average Bonchev–Trinajstić information content (AvgIpc) is 2.29. The molecule has 0 atom stereocenters. The second-order valence-electron chi connectivity index (χ2n) is 3.33. The van der Waals surface area contributed by atoms with Crippen LogP contribution < -0.4 is 11.1 Å². The van der Waals surface area contributed by atoms with Gasteiger partial charge in [0, 0.05) is 5.69 Å². The zero-order valence-corrected chi connectivity index (χ0v) is 9.10. The highest BCUT2D eigenvalue weighted by atomic mass is 16.4. The minimum atomic E-state index is -0.295. The van der Waals surface area contributed by atoms with Crippen LogP contribution in [0.1, 0.15) is 18.9 Å². The molecule has 86 valence electrons. The Morgan fingerprint density at radius 3 is 2.81 bits per heavy atom. The Kier molecular flexibility index (Phi) is 4.32. The molecule has 0 heterocycles. The number of nitrogens with one attached hydrogen (secondary N) is 1. The molecule has 4 N–H and O–H groups in total. The molecule has 0 saturated carbocycles. The molecule has 0 aliphatic carbocycles. The zero-order chi connectivity index (χ0) is 12.0. The van der Waals surface area contributed by atoms with Crippen LogP contribution in [0.2, 0.25) is 0 Å². The summed E-state index contributed by atoms with van der Waals surface area (Å²) < 4.78 is 0. The van der Waals surface area contributed by atoms with E-state index in [-0.39, 0.29) is 18.2 Å². The van der Waals surface area contributed by atoms with Crippen LogP contribution in [-0.4, -0.2) is 17.0 Å². The summed E-state index contributed by atoms with van der Waals surface area (Å²) in [5, 5.41) is 13.8. The third-order valence-electron chi connectivity index (χ3n) is 2.14. The van der Waals surface area contributed by atoms with Gasteiger partial charge >= 0.3 is 0 Å². The summed E-state index contributed by atoms with van der Waals surface area (Å²) in [6.45, 7) is 2.01. The topological polar surface area (TPSA) is 87.7 Å². The number of hydrogen-bond acceptors (Lipinski definition) is 3. The van der Waals surface area contributed by atoms with Crippen LogP contribution in [0.3, 0.4) is 0 Å². The number of carbonyl (C=O) groups excluding carboxylic acids is 1. The number of nitrogens with two attached hydrogens (primary N) is 1. The quantitative estimate of drug-likeness (QED) is 0.310. The molecule has 0 aromatic heterocycles. The Morgan fingerprint density at radius 1 is 1.50 bits per heavy atom. The van der Waals surface area contributed by atoms with Crippen molar-refractivity contribution in [2.75, 3.05) is 5.32 Å². The number of amidine groups is 1. The number of rotatable bonds is 4. The Labute approximate surface area is 94.0 Å². The predicted octanol–water partition coefficient (Wildman–Crippen LogP) is 1.32. The van der Waals surface area contributed by atoms with Crippen molar-refractivity contribution in [1.82, 2.24) is 0 Å². The highest BCUT2D eigenvalue weighted by Crippen LogP contribution is 2.15. The summed E-state index contributed by atoms with van der Waals surface area (Å²) in [6.07, 6.45) is 0.717. The Morgan fingerprint density at radius 2 is 2.19 bits per heavy atom. The lowest BCUT2D eigenvalue weighted by molar-refractivity contribution is -0.115. The van der Waals surface area contributed by atoms with Gasteiger partial charge in [0.15, 0.2) is 0 Å². The van der Waals surface area contributed by atoms with E-state index in [1.807, 2.05) is 31.2 Å². The molecule has 1 aromatic carbocycles. The molecule has 0 aliphatic heterocycles. The van der Waals surface area contributed by atoms with Crippen molar-refractivity contribution in [2.24, 2.45) is 10.9 Å². The van der Waals surface area contributed by atoms with Crippen LogP contribution in [0.4, 0.5) is 5.69 Å². The van der Waals surface area contributed by atoms with Crippen LogP contribution >= 0.6 is 0 Å². The van der Waals surface area contributed by atoms with Crippen molar-refractivity contribution in [3.63, 3.8) is 0 Å². The number of benzene rings is 1. The summed E-state index contributed by atoms with van der Waals surface area (Å²) >= 11 is 0. The second-order valence-corrected chi connectivity index (χ2v) is 3.33. The van der Waals surface area contributed by atoms with E-state index in [0.717, 1.165) is 17.7 Å². The van der Waals surface area contributed by atoms with Gasteiger partial charge in [-0.2, -0.15) is 0 Å². The predicted molar refractivity (Wildman–Crippen MR) is 62.5 cm³/mol. The highest BCUT2D eigenvalue weighted by molar-refractivity contribution is 6.05. The Balaban J connectivity index is 2.69. The smallest absolute Gasteiger partial charge is 0.232 e. The summed E-state index contributed by atoms with van der Waals surface area (Å²) in [4.78, 5) is 11.5. The van der Waals surface area contributed by atoms with E-state index in [0.29, 0.717) is 0 Å². The molecule has 1 aromatic rings. The lowest BCUT2D eigenvalue weighted by Gasteiger charge is -2.08. The molecule has 5 nitrogen and oxygen atoms in total. The highest BCUT2D eigenvalue weighted by Gasteiger charge is 2.07. The first-order valence-electron chi connectivity index (χ1n) is 5.01. The van der Waals surface area contributed by atoms with E-state index in [1.54, 1.807) is 0 Å². The molecule has 0 radical (unpaired) electrons. The standard InChI is InChI=1S/C11H15N3O2/c1-2-8-5-3-4-6-9(8)13-11(15)7-10(12)14-16/h3-6,16H,2,7H2,1H3,(H2,12,14)(H,13,15). The van der Waals surface area contributed by atoms with Crippen molar-refractivity contribution < 1.29 is 10.0 Å². The van der Waals surface area contributed by atoms with E-state index in [4.69, 9.17) is 10.9 Å². The van der Waals surface area contributed by atoms with Crippen molar-refractivity contribution in [2.45, 2.75) is 19.8 Å². The van der Waals surface area contributed by atoms with Gasteiger partial charge in [-0.05, 0) is 18.1 Å². The summed E-state index contributed by atoms with van der Waals surface area (Å²) in [5.41, 5.74) is 7.05. The summed E-state index contributed by atoms with van der Waals surface area (Å²) in [5.74, 6) is -0.400. The number of carbonyl (C=O) groups is 1. The van der Waals surface area contributed by atoms with Gasteiger partial charge in [0.1, 0.15) is 5.84 Å². The molecular weight excluding hydrogens is 206 g/mol. The lowest BCUT2D eigenvalue weighted by Crippen LogP contribution is -2.22. The molecule has 1 rings (SSSR count). The molecule has 0 saturated heterocycles. The molecule has 0 unspecified atom stereocenters. The van der Waals surface area contributed by atoms with E-state index >= 15 is 0 Å². The lowest BCUT2D eigenvalue weighted by atomic mass is 10.1. The van der Waals surface area contributed by atoms with Crippen LogP contribution in [-0.2, 0) is 11.2 Å². The van der Waals surface area contributed by atoms with Gasteiger partial charge in [0.25, 0.3) is 0 Å². The molecule has 16 heavy (non-hydrogen) atoms. The van der Waals surface area contributed by atoms with E-state index in [9.17, 15) is 4.79 Å². The fraction of sp³-hybridized carbons (Fsp3) is 0.273. The summed E-state index contributed by atoms with van der Waals surface area (Å²) in [6, 6.07) is 7.53. The van der Waals surface area contributed by atoms with Crippen LogP contribution in [0.5, 0.6) is 0 Å². The second kappa shape index (κ2) is 5.75. The zero-order valence-electron chi connectivity index (χ0n) is 9.10. The fourth-order valence-corrected chi connectivity index (χ4v) is 1.34. The fourth-order valence-electron chi connectivity index (χ4n) is 1.34. The third-order valence-corrected chi connectivity index (χ3v) is 2.14. The monoisotopic (exact) mass is 221 g/mol. The normalized spacial score (nSPS) is 11.2. The summed E-state index contributed by atoms with van der Waals surface area (Å²) in [7, 11) is 0. The van der Waals surface area contributed by atoms with E-state index in [1.165, 1.54) is 0 Å². The van der Waals surface area contributed by atoms with E-state index < -0.39 is 0 Å². The molecule has 5 heteroatoms. The van der Waals surface area contributed by atoms with Crippen LogP contribution in [0, 0.1) is 0 Å². The van der Waals surface area contributed by atoms with Crippen LogP contribution in [0.15, 0.2) is 29.4 Å². The van der Waals surface area contributed by atoms with Gasteiger partial charge in [-0.1, -0.05) is 30.3 Å². The number of oxime groups is 1. The number of hydrogen-bond donors (Lipinski definition) is 3. The van der Waals surface area contributed by atoms with Gasteiger partial charge < -0.3 is 16.3 Å². The number of para-hydroxylation sites is 1. The minimum absolute atomic E-state index is 0.105. The maximum absolute atomic E-state index is 11.5. The number of amides is 1. The number of nitrogens with zero attached hydrogens (tertiary/aromatic N) is 1. The average molecular weight is 221 g/mol. The first-order chi connectivity index (χ1) is 7.67. The largest absolute Gasteiger partial charge is 0.409 e. The minimum Gasteiger partial charge on any atom is -0.409 e. The SMILES string of the molecule is CCc1ccccc1NC(=O)CC(N)=NO. The molecular formula is C11H15N3O2. The molecule has 1 amide bonds. The number of anilines is 1. The van der Waals surface area contributed by atoms with Crippen molar-refractivity contribution in [3.8, 4) is 0 Å². The van der Waals surface area contributed by atoms with Gasteiger partial charge in [0.2, 0.25) is 5.91 Å². The first kappa shape index (κ1) is 12.0. The van der Waals surface area contributed by atoms with Crippen LogP contribution in [0.25, 0.3) is 0 Å². The first-order valence-corrected chi connectivity index (χ1v) is 5.01. The van der Waals surface area contributed by atoms with Crippen molar-refractivity contribution in [1.29, 1.82) is 0 Å².